The van der Waals surface area contributed by atoms with E-state index in [4.69, 9.17) is 0 Å². The van der Waals surface area contributed by atoms with Gasteiger partial charge in [-0.3, -0.25) is 4.79 Å². The van der Waals surface area contributed by atoms with E-state index in [0.29, 0.717) is 6.42 Å². The molecule has 0 aromatic carbocycles. The van der Waals surface area contributed by atoms with Gasteiger partial charge in [0.25, 0.3) is 0 Å². The Morgan fingerprint density at radius 3 is 1.17 bits per heavy atom. The Kier molecular flexibility index (Phi) is 47.9. The number of hydrogen-bond acceptors (Lipinski definition) is 3. The largest absolute Gasteiger partial charge is 0.394 e. The summed E-state index contributed by atoms with van der Waals surface area (Å²) < 4.78 is 0. The van der Waals surface area contributed by atoms with Crippen LogP contribution in [-0.2, 0) is 4.79 Å². The van der Waals surface area contributed by atoms with Crippen molar-refractivity contribution in [2.45, 2.75) is 231 Å². The van der Waals surface area contributed by atoms with Crippen LogP contribution in [0.4, 0.5) is 0 Å². The lowest BCUT2D eigenvalue weighted by molar-refractivity contribution is -0.123. The van der Waals surface area contributed by atoms with Crippen molar-refractivity contribution < 1.29 is 15.0 Å². The maximum absolute atomic E-state index is 12.4. The average molecular weight is 830 g/mol. The van der Waals surface area contributed by atoms with Gasteiger partial charge in [-0.2, -0.15) is 0 Å². The van der Waals surface area contributed by atoms with E-state index in [-0.39, 0.29) is 12.5 Å². The highest BCUT2D eigenvalue weighted by Gasteiger charge is 2.17. The Bertz CT molecular complexity index is 1170. The standard InChI is InChI=1S/C56H95NO3/c1-3-5-7-9-11-13-15-17-19-21-23-25-27-28-30-31-33-35-37-39-41-43-45-47-49-51-55(59)54(53-58)57-56(60)52-50-48-46-44-42-40-38-36-34-32-29-26-24-22-20-18-16-14-12-10-8-6-4-2/h6,8,12,14,18,20,24,26,32-35,38,40-41,43,49,51,54-55,58-59H,3-5,7,9-11,13,15-17,19,21-23,25,27-31,36-37,39,42,44-48,50,52-53H2,1-2H3,(H,57,60)/b8-6-,14-12-,20-18-,26-24-,34-32-,35-33+,40-38-,43-41+,51-49+. The SMILES string of the molecule is CC/C=C\C/C=C\C/C=C\C/C=C\C/C=C\C/C=C\CCCCCCC(=O)NC(CO)C(O)/C=C/CC/C=C/CC/C=C/CCCCCCCCCCCCCCCCC. The number of amides is 1. The second-order valence-corrected chi connectivity index (χ2v) is 16.5. The third kappa shape index (κ3) is 46.1. The van der Waals surface area contributed by atoms with Gasteiger partial charge in [-0.05, 0) is 96.3 Å². The van der Waals surface area contributed by atoms with Gasteiger partial charge in [-0.1, -0.05) is 226 Å². The zero-order valence-electron chi connectivity index (χ0n) is 39.2. The van der Waals surface area contributed by atoms with E-state index in [9.17, 15) is 15.0 Å². The molecule has 2 atom stereocenters. The maximum atomic E-state index is 12.4. The fourth-order valence-electron chi connectivity index (χ4n) is 6.92. The van der Waals surface area contributed by atoms with Gasteiger partial charge < -0.3 is 15.5 Å². The average Bonchev–Trinajstić information content (AvgIpc) is 3.25. The summed E-state index contributed by atoms with van der Waals surface area (Å²) >= 11 is 0. The van der Waals surface area contributed by atoms with Crippen LogP contribution < -0.4 is 5.32 Å². The Balaban J connectivity index is 3.71. The number of nitrogens with one attached hydrogen (secondary N) is 1. The van der Waals surface area contributed by atoms with Crippen LogP contribution in [0.15, 0.2) is 109 Å². The van der Waals surface area contributed by atoms with Gasteiger partial charge in [-0.25, -0.2) is 0 Å². The number of carbonyl (C=O) groups excluding carboxylic acids is 1. The molecule has 0 saturated heterocycles. The highest BCUT2D eigenvalue weighted by atomic mass is 16.3. The summed E-state index contributed by atoms with van der Waals surface area (Å²) in [5, 5.41) is 23.1. The van der Waals surface area contributed by atoms with E-state index in [1.807, 2.05) is 6.08 Å². The van der Waals surface area contributed by atoms with Crippen LogP contribution in [0.1, 0.15) is 219 Å². The van der Waals surface area contributed by atoms with Crippen molar-refractivity contribution >= 4 is 5.91 Å². The molecule has 1 amide bonds. The molecular weight excluding hydrogens is 735 g/mol. The number of rotatable bonds is 44. The van der Waals surface area contributed by atoms with Crippen LogP contribution in [0.5, 0.6) is 0 Å². The van der Waals surface area contributed by atoms with Gasteiger partial charge in [0.1, 0.15) is 0 Å². The number of allylic oxidation sites excluding steroid dienone is 17. The monoisotopic (exact) mass is 830 g/mol. The third-order valence-corrected chi connectivity index (χ3v) is 10.7. The third-order valence-electron chi connectivity index (χ3n) is 10.7. The zero-order chi connectivity index (χ0) is 43.5. The van der Waals surface area contributed by atoms with Crippen LogP contribution in [0.25, 0.3) is 0 Å². The molecule has 0 aliphatic carbocycles. The van der Waals surface area contributed by atoms with Crippen molar-refractivity contribution in [1.82, 2.24) is 5.32 Å². The summed E-state index contributed by atoms with van der Waals surface area (Å²) in [7, 11) is 0. The normalized spacial score (nSPS) is 13.9. The quantitative estimate of drug-likeness (QED) is 0.0423. The molecule has 0 radical (unpaired) electrons. The molecule has 0 saturated carbocycles. The topological polar surface area (TPSA) is 69.6 Å². The summed E-state index contributed by atoms with van der Waals surface area (Å²) in [6, 6.07) is -0.668. The van der Waals surface area contributed by atoms with E-state index in [0.717, 1.165) is 96.3 Å². The summed E-state index contributed by atoms with van der Waals surface area (Å²) in [4.78, 5) is 12.4. The van der Waals surface area contributed by atoms with E-state index in [1.165, 1.54) is 103 Å². The Morgan fingerprint density at radius 1 is 0.417 bits per heavy atom. The smallest absolute Gasteiger partial charge is 0.220 e. The first kappa shape index (κ1) is 57.1. The molecule has 4 heteroatoms. The van der Waals surface area contributed by atoms with Crippen molar-refractivity contribution in [2.75, 3.05) is 6.61 Å². The lowest BCUT2D eigenvalue weighted by atomic mass is 10.0. The molecule has 0 aromatic rings. The first-order valence-electron chi connectivity index (χ1n) is 25.1. The molecule has 0 spiro atoms. The number of aliphatic hydroxyl groups is 2. The molecule has 0 fully saturated rings. The second-order valence-electron chi connectivity index (χ2n) is 16.5. The Hall–Kier alpha value is -2.95. The molecule has 0 rings (SSSR count). The number of hydrogen-bond donors (Lipinski definition) is 3. The molecule has 0 aromatic heterocycles. The second kappa shape index (κ2) is 50.4. The lowest BCUT2D eigenvalue weighted by Gasteiger charge is -2.19. The Morgan fingerprint density at radius 2 is 0.750 bits per heavy atom. The molecule has 0 aliphatic rings. The molecule has 4 nitrogen and oxygen atoms in total. The summed E-state index contributed by atoms with van der Waals surface area (Å²) in [6.45, 7) is 4.17. The van der Waals surface area contributed by atoms with Gasteiger partial charge in [0, 0.05) is 6.42 Å². The minimum atomic E-state index is -0.890. The van der Waals surface area contributed by atoms with E-state index in [2.05, 4.69) is 116 Å². The summed E-state index contributed by atoms with van der Waals surface area (Å²) in [6.07, 6.45) is 76.5. The fourth-order valence-corrected chi connectivity index (χ4v) is 6.92. The van der Waals surface area contributed by atoms with Gasteiger partial charge in [0.05, 0.1) is 18.8 Å². The van der Waals surface area contributed by atoms with Gasteiger partial charge >= 0.3 is 0 Å². The van der Waals surface area contributed by atoms with E-state index >= 15 is 0 Å². The highest BCUT2D eigenvalue weighted by molar-refractivity contribution is 5.76. The first-order valence-corrected chi connectivity index (χ1v) is 25.1. The minimum absolute atomic E-state index is 0.106. The predicted molar refractivity (Wildman–Crippen MR) is 266 cm³/mol. The summed E-state index contributed by atoms with van der Waals surface area (Å²) in [5.74, 6) is -0.106. The van der Waals surface area contributed by atoms with Crippen LogP contribution in [-0.4, -0.2) is 34.9 Å². The van der Waals surface area contributed by atoms with E-state index < -0.39 is 12.1 Å². The molecule has 3 N–H and O–H groups in total. The molecule has 0 heterocycles. The van der Waals surface area contributed by atoms with Crippen LogP contribution >= 0.6 is 0 Å². The van der Waals surface area contributed by atoms with Crippen LogP contribution in [0.2, 0.25) is 0 Å². The van der Waals surface area contributed by atoms with Crippen molar-refractivity contribution in [1.29, 1.82) is 0 Å². The molecule has 0 bridgehead atoms. The molecule has 342 valence electrons. The van der Waals surface area contributed by atoms with Crippen molar-refractivity contribution in [3.63, 3.8) is 0 Å². The van der Waals surface area contributed by atoms with Gasteiger partial charge in [0.2, 0.25) is 5.91 Å². The number of unbranched alkanes of at least 4 members (excludes halogenated alkanes) is 21. The minimum Gasteiger partial charge on any atom is -0.394 e. The number of carbonyl (C=O) groups is 1. The predicted octanol–water partition coefficient (Wildman–Crippen LogP) is 16.4. The maximum Gasteiger partial charge on any atom is 0.220 e. The van der Waals surface area contributed by atoms with Gasteiger partial charge in [0.15, 0.2) is 0 Å². The molecular formula is C56H95NO3. The fraction of sp³-hybridized carbons (Fsp3) is 0.661. The van der Waals surface area contributed by atoms with Crippen molar-refractivity contribution in [3.8, 4) is 0 Å². The molecule has 2 unspecified atom stereocenters. The molecule has 0 aliphatic heterocycles. The van der Waals surface area contributed by atoms with E-state index in [1.54, 1.807) is 6.08 Å². The van der Waals surface area contributed by atoms with Crippen molar-refractivity contribution in [2.24, 2.45) is 0 Å². The highest BCUT2D eigenvalue weighted by Crippen LogP contribution is 2.14. The summed E-state index contributed by atoms with van der Waals surface area (Å²) in [5.41, 5.74) is 0. The zero-order valence-corrected chi connectivity index (χ0v) is 39.2. The van der Waals surface area contributed by atoms with Crippen molar-refractivity contribution in [3.05, 3.63) is 109 Å². The lowest BCUT2D eigenvalue weighted by Crippen LogP contribution is -2.45. The van der Waals surface area contributed by atoms with Gasteiger partial charge in [-0.15, -0.1) is 0 Å². The van der Waals surface area contributed by atoms with Crippen LogP contribution in [0.3, 0.4) is 0 Å². The Labute approximate surface area is 372 Å². The number of aliphatic hydroxyl groups excluding tert-OH is 2. The van der Waals surface area contributed by atoms with Crippen LogP contribution in [0, 0.1) is 0 Å². The molecule has 60 heavy (non-hydrogen) atoms. The first-order chi connectivity index (χ1) is 29.7.